The molecule has 0 unspecified atom stereocenters. The van der Waals surface area contributed by atoms with Crippen molar-refractivity contribution in [3.63, 3.8) is 0 Å². The van der Waals surface area contributed by atoms with Crippen molar-refractivity contribution in [2.24, 2.45) is 0 Å². The van der Waals surface area contributed by atoms with Gasteiger partial charge in [-0.25, -0.2) is 0 Å². The van der Waals surface area contributed by atoms with Crippen LogP contribution >= 0.6 is 0 Å². The number of hydrogen-bond acceptors (Lipinski definition) is 1. The lowest BCUT2D eigenvalue weighted by atomic mass is 10.3. The van der Waals surface area contributed by atoms with E-state index in [-0.39, 0.29) is 5.91 Å². The molecule has 0 fully saturated rings. The van der Waals surface area contributed by atoms with Gasteiger partial charge in [0.25, 0.3) is 0 Å². The fraction of sp³-hybridized carbons (Fsp3) is 0.625. The maximum atomic E-state index is 11.0. The maximum absolute atomic E-state index is 11.0. The van der Waals surface area contributed by atoms with E-state index >= 15 is 0 Å². The highest BCUT2D eigenvalue weighted by Gasteiger charge is 1.98. The van der Waals surface area contributed by atoms with Crippen LogP contribution in [0, 0.1) is 0 Å². The van der Waals surface area contributed by atoms with Gasteiger partial charge in [-0.1, -0.05) is 13.0 Å². The van der Waals surface area contributed by atoms with Crippen LogP contribution < -0.4 is 5.32 Å². The van der Waals surface area contributed by atoms with E-state index in [1.54, 1.807) is 0 Å². The zero-order valence-corrected chi connectivity index (χ0v) is 6.90. The number of carbonyl (C=O) groups is 1. The van der Waals surface area contributed by atoms with Crippen LogP contribution in [-0.4, -0.2) is 12.5 Å². The molecule has 0 aliphatic carbocycles. The van der Waals surface area contributed by atoms with Crippen LogP contribution in [0.5, 0.6) is 0 Å². The third-order valence-electron chi connectivity index (χ3n) is 1.33. The summed E-state index contributed by atoms with van der Waals surface area (Å²) in [5.41, 5.74) is 0.786. The lowest BCUT2D eigenvalue weighted by molar-refractivity contribution is -0.117. The number of hydrogen-bond donors (Lipinski definition) is 1. The molecule has 0 heterocycles. The average molecular weight is 141 g/mol. The minimum Gasteiger partial charge on any atom is -0.352 e. The Balaban J connectivity index is 3.63. The Kier molecular flexibility index (Phi) is 4.63. The van der Waals surface area contributed by atoms with E-state index in [9.17, 15) is 4.79 Å². The predicted molar refractivity (Wildman–Crippen MR) is 42.7 cm³/mol. The number of rotatable bonds is 3. The molecule has 0 aromatic rings. The van der Waals surface area contributed by atoms with Gasteiger partial charge in [-0.05, 0) is 20.3 Å². The Morgan fingerprint density at radius 3 is 2.60 bits per heavy atom. The summed E-state index contributed by atoms with van der Waals surface area (Å²) in [4.78, 5) is 11.0. The van der Waals surface area contributed by atoms with E-state index in [1.165, 1.54) is 0 Å². The lowest BCUT2D eigenvalue weighted by Crippen LogP contribution is -2.24. The Labute approximate surface area is 62.3 Å². The molecule has 0 saturated carbocycles. The first-order valence-corrected chi connectivity index (χ1v) is 3.63. The van der Waals surface area contributed by atoms with Crippen molar-refractivity contribution in [1.82, 2.24) is 5.32 Å². The molecule has 0 saturated heterocycles. The topological polar surface area (TPSA) is 29.1 Å². The van der Waals surface area contributed by atoms with Crippen molar-refractivity contribution in [3.8, 4) is 0 Å². The van der Waals surface area contributed by atoms with Crippen molar-refractivity contribution >= 4 is 5.91 Å². The highest BCUT2D eigenvalue weighted by molar-refractivity contribution is 5.92. The number of nitrogens with one attached hydrogen (secondary N) is 1. The number of amides is 1. The summed E-state index contributed by atoms with van der Waals surface area (Å²) in [5, 5.41) is 2.78. The van der Waals surface area contributed by atoms with Gasteiger partial charge in [0.15, 0.2) is 0 Å². The standard InChI is InChI=1S/C8H15NO/c1-4-6-9-8(10)7(3)5-2/h5H,4,6H2,1-3H3,(H,9,10)/b7-5+. The molecule has 1 amide bonds. The van der Waals surface area contributed by atoms with E-state index in [4.69, 9.17) is 0 Å². The fourth-order valence-corrected chi connectivity index (χ4v) is 0.509. The smallest absolute Gasteiger partial charge is 0.246 e. The normalized spacial score (nSPS) is 11.3. The summed E-state index contributed by atoms with van der Waals surface area (Å²) in [5.74, 6) is 0.0457. The molecule has 0 atom stereocenters. The molecule has 0 bridgehead atoms. The van der Waals surface area contributed by atoms with Gasteiger partial charge in [-0.2, -0.15) is 0 Å². The van der Waals surface area contributed by atoms with Gasteiger partial charge >= 0.3 is 0 Å². The van der Waals surface area contributed by atoms with E-state index in [1.807, 2.05) is 26.8 Å². The van der Waals surface area contributed by atoms with Gasteiger partial charge < -0.3 is 5.32 Å². The monoisotopic (exact) mass is 141 g/mol. The van der Waals surface area contributed by atoms with Crippen molar-refractivity contribution < 1.29 is 4.79 Å². The summed E-state index contributed by atoms with van der Waals surface area (Å²) < 4.78 is 0. The first-order chi connectivity index (χ1) is 4.72. The second-order valence-corrected chi connectivity index (χ2v) is 2.23. The molecule has 0 aromatic heterocycles. The van der Waals surface area contributed by atoms with Gasteiger partial charge in [0, 0.05) is 12.1 Å². The van der Waals surface area contributed by atoms with Crippen LogP contribution in [-0.2, 0) is 4.79 Å². The zero-order chi connectivity index (χ0) is 7.98. The summed E-state index contributed by atoms with van der Waals surface area (Å²) >= 11 is 0. The summed E-state index contributed by atoms with van der Waals surface area (Å²) in [6, 6.07) is 0. The fourth-order valence-electron chi connectivity index (χ4n) is 0.509. The first-order valence-electron chi connectivity index (χ1n) is 3.63. The zero-order valence-electron chi connectivity index (χ0n) is 6.90. The van der Waals surface area contributed by atoms with Crippen molar-refractivity contribution in [3.05, 3.63) is 11.6 Å². The van der Waals surface area contributed by atoms with Gasteiger partial charge in [0.1, 0.15) is 0 Å². The second-order valence-electron chi connectivity index (χ2n) is 2.23. The molecule has 0 aliphatic rings. The largest absolute Gasteiger partial charge is 0.352 e. The molecular formula is C8H15NO. The van der Waals surface area contributed by atoms with Crippen LogP contribution in [0.2, 0.25) is 0 Å². The van der Waals surface area contributed by atoms with Gasteiger partial charge in [-0.15, -0.1) is 0 Å². The molecule has 58 valence electrons. The molecule has 10 heavy (non-hydrogen) atoms. The third kappa shape index (κ3) is 3.28. The van der Waals surface area contributed by atoms with Crippen molar-refractivity contribution in [1.29, 1.82) is 0 Å². The average Bonchev–Trinajstić information content (AvgIpc) is 1.98. The van der Waals surface area contributed by atoms with Gasteiger partial charge in [-0.3, -0.25) is 4.79 Å². The lowest BCUT2D eigenvalue weighted by Gasteiger charge is -2.01. The molecular weight excluding hydrogens is 126 g/mol. The summed E-state index contributed by atoms with van der Waals surface area (Å²) in [6.07, 6.45) is 2.80. The van der Waals surface area contributed by atoms with Crippen molar-refractivity contribution in [2.45, 2.75) is 27.2 Å². The van der Waals surface area contributed by atoms with Crippen LogP contribution in [0.1, 0.15) is 27.2 Å². The molecule has 0 aliphatic heterocycles. The van der Waals surface area contributed by atoms with Gasteiger partial charge in [0.05, 0.1) is 0 Å². The molecule has 2 heteroatoms. The maximum Gasteiger partial charge on any atom is 0.246 e. The summed E-state index contributed by atoms with van der Waals surface area (Å²) in [6.45, 7) is 6.47. The van der Waals surface area contributed by atoms with Crippen molar-refractivity contribution in [2.75, 3.05) is 6.54 Å². The highest BCUT2D eigenvalue weighted by atomic mass is 16.1. The van der Waals surface area contributed by atoms with Crippen LogP contribution in [0.25, 0.3) is 0 Å². The van der Waals surface area contributed by atoms with E-state index in [0.29, 0.717) is 0 Å². The van der Waals surface area contributed by atoms with Gasteiger partial charge in [0.2, 0.25) is 5.91 Å². The SMILES string of the molecule is C/C=C(\C)C(=O)NCCC. The summed E-state index contributed by atoms with van der Waals surface area (Å²) in [7, 11) is 0. The van der Waals surface area contributed by atoms with E-state index in [2.05, 4.69) is 5.32 Å². The quantitative estimate of drug-likeness (QED) is 0.592. The Morgan fingerprint density at radius 1 is 1.60 bits per heavy atom. The minimum atomic E-state index is 0.0457. The Hall–Kier alpha value is -0.790. The van der Waals surface area contributed by atoms with Crippen LogP contribution in [0.15, 0.2) is 11.6 Å². The molecule has 0 radical (unpaired) electrons. The molecule has 0 spiro atoms. The second kappa shape index (κ2) is 5.03. The molecule has 0 aromatic carbocycles. The van der Waals surface area contributed by atoms with E-state index in [0.717, 1.165) is 18.5 Å². The van der Waals surface area contributed by atoms with E-state index < -0.39 is 0 Å². The van der Waals surface area contributed by atoms with Crippen LogP contribution in [0.3, 0.4) is 0 Å². The number of carbonyl (C=O) groups excluding carboxylic acids is 1. The van der Waals surface area contributed by atoms with Crippen LogP contribution in [0.4, 0.5) is 0 Å². The highest BCUT2D eigenvalue weighted by Crippen LogP contribution is 1.89. The molecule has 2 nitrogen and oxygen atoms in total. The Morgan fingerprint density at radius 2 is 2.20 bits per heavy atom. The molecule has 0 rings (SSSR count). The Bertz CT molecular complexity index is 138. The third-order valence-corrected chi connectivity index (χ3v) is 1.33. The minimum absolute atomic E-state index is 0.0457. The number of allylic oxidation sites excluding steroid dienone is 1. The molecule has 1 N–H and O–H groups in total. The predicted octanol–water partition coefficient (Wildman–Crippen LogP) is 1.48. The first kappa shape index (κ1) is 9.21.